The van der Waals surface area contributed by atoms with E-state index < -0.39 is 0 Å². The third kappa shape index (κ3) is 1.85. The Kier molecular flexibility index (Phi) is 3.47. The molecule has 0 aromatic heterocycles. The fraction of sp³-hybridized carbons (Fsp3) is 0.778. The molecule has 1 aliphatic rings. The maximum atomic E-state index is 3.86. The molecular weight excluding hydrogens is 188 g/mol. The standard InChI is InChI=1S/C9H15Br/c1-2-8-5-3-4-6-9(8)7-10/h2,8-9H,1,3-7H2/t8-,9+/m1/s1. The Morgan fingerprint density at radius 1 is 1.40 bits per heavy atom. The van der Waals surface area contributed by atoms with Crippen LogP contribution in [0.4, 0.5) is 0 Å². The van der Waals surface area contributed by atoms with Crippen molar-refractivity contribution in [3.63, 3.8) is 0 Å². The van der Waals surface area contributed by atoms with Crippen LogP contribution in [0.3, 0.4) is 0 Å². The lowest BCUT2D eigenvalue weighted by Crippen LogP contribution is -2.18. The van der Waals surface area contributed by atoms with Gasteiger partial charge in [-0.3, -0.25) is 0 Å². The van der Waals surface area contributed by atoms with Crippen molar-refractivity contribution in [2.45, 2.75) is 25.7 Å². The van der Waals surface area contributed by atoms with Crippen LogP contribution in [0.15, 0.2) is 12.7 Å². The van der Waals surface area contributed by atoms with Gasteiger partial charge in [-0.2, -0.15) is 0 Å². The van der Waals surface area contributed by atoms with Crippen molar-refractivity contribution in [3.05, 3.63) is 12.7 Å². The summed E-state index contributed by atoms with van der Waals surface area (Å²) >= 11 is 3.54. The molecule has 58 valence electrons. The topological polar surface area (TPSA) is 0 Å². The molecule has 0 N–H and O–H groups in total. The van der Waals surface area contributed by atoms with Crippen LogP contribution in [0.25, 0.3) is 0 Å². The average Bonchev–Trinajstić information content (AvgIpc) is 2.04. The van der Waals surface area contributed by atoms with Crippen LogP contribution in [0.1, 0.15) is 25.7 Å². The molecule has 1 fully saturated rings. The highest BCUT2D eigenvalue weighted by Crippen LogP contribution is 2.31. The van der Waals surface area contributed by atoms with Crippen LogP contribution >= 0.6 is 15.9 Å². The van der Waals surface area contributed by atoms with E-state index in [1.54, 1.807) is 0 Å². The summed E-state index contributed by atoms with van der Waals surface area (Å²) in [6.45, 7) is 3.86. The summed E-state index contributed by atoms with van der Waals surface area (Å²) < 4.78 is 0. The Morgan fingerprint density at radius 2 is 2.10 bits per heavy atom. The highest BCUT2D eigenvalue weighted by Gasteiger charge is 2.20. The molecule has 0 radical (unpaired) electrons. The quantitative estimate of drug-likeness (QED) is 0.476. The fourth-order valence-electron chi connectivity index (χ4n) is 1.74. The van der Waals surface area contributed by atoms with Crippen LogP contribution in [-0.4, -0.2) is 5.33 Å². The van der Waals surface area contributed by atoms with Gasteiger partial charge in [0.1, 0.15) is 0 Å². The SMILES string of the molecule is C=C[C@@H]1CCCC[C@H]1CBr. The molecule has 0 unspecified atom stereocenters. The van der Waals surface area contributed by atoms with Gasteiger partial charge in [-0.25, -0.2) is 0 Å². The van der Waals surface area contributed by atoms with Gasteiger partial charge in [0.15, 0.2) is 0 Å². The Balaban J connectivity index is 2.41. The van der Waals surface area contributed by atoms with E-state index in [9.17, 15) is 0 Å². The van der Waals surface area contributed by atoms with Gasteiger partial charge in [0.25, 0.3) is 0 Å². The number of alkyl halides is 1. The van der Waals surface area contributed by atoms with Crippen molar-refractivity contribution in [2.24, 2.45) is 11.8 Å². The lowest BCUT2D eigenvalue weighted by molar-refractivity contribution is 0.313. The van der Waals surface area contributed by atoms with Crippen LogP contribution in [0, 0.1) is 11.8 Å². The van der Waals surface area contributed by atoms with E-state index in [1.807, 2.05) is 0 Å². The van der Waals surface area contributed by atoms with Gasteiger partial charge < -0.3 is 0 Å². The van der Waals surface area contributed by atoms with Gasteiger partial charge in [0.05, 0.1) is 0 Å². The molecule has 0 spiro atoms. The zero-order valence-corrected chi connectivity index (χ0v) is 7.94. The van der Waals surface area contributed by atoms with Gasteiger partial charge in [0, 0.05) is 5.33 Å². The summed E-state index contributed by atoms with van der Waals surface area (Å²) in [5, 5.41) is 1.16. The minimum Gasteiger partial charge on any atom is -0.103 e. The molecule has 0 heterocycles. The van der Waals surface area contributed by atoms with Crippen molar-refractivity contribution in [2.75, 3.05) is 5.33 Å². The summed E-state index contributed by atoms with van der Waals surface area (Å²) in [7, 11) is 0. The molecule has 0 aliphatic heterocycles. The fourth-order valence-corrected chi connectivity index (χ4v) is 2.54. The molecule has 0 bridgehead atoms. The van der Waals surface area contributed by atoms with Crippen molar-refractivity contribution in [3.8, 4) is 0 Å². The van der Waals surface area contributed by atoms with E-state index >= 15 is 0 Å². The van der Waals surface area contributed by atoms with Crippen LogP contribution in [0.5, 0.6) is 0 Å². The summed E-state index contributed by atoms with van der Waals surface area (Å²) in [6.07, 6.45) is 7.70. The Labute approximate surface area is 71.8 Å². The summed E-state index contributed by atoms with van der Waals surface area (Å²) in [5.74, 6) is 1.65. The molecule has 10 heavy (non-hydrogen) atoms. The molecule has 2 atom stereocenters. The smallest absolute Gasteiger partial charge is 0.00652 e. The predicted molar refractivity (Wildman–Crippen MR) is 49.4 cm³/mol. The van der Waals surface area contributed by atoms with Crippen LogP contribution in [-0.2, 0) is 0 Å². The first-order valence-corrected chi connectivity index (χ1v) is 5.19. The molecule has 0 aromatic carbocycles. The summed E-state index contributed by atoms with van der Waals surface area (Å²) in [5.41, 5.74) is 0. The molecular formula is C9H15Br. The first-order valence-electron chi connectivity index (χ1n) is 4.07. The largest absolute Gasteiger partial charge is 0.103 e. The van der Waals surface area contributed by atoms with E-state index in [0.29, 0.717) is 0 Å². The molecule has 0 saturated heterocycles. The van der Waals surface area contributed by atoms with Gasteiger partial charge >= 0.3 is 0 Å². The number of hydrogen-bond acceptors (Lipinski definition) is 0. The maximum Gasteiger partial charge on any atom is 0.00652 e. The highest BCUT2D eigenvalue weighted by molar-refractivity contribution is 9.09. The molecule has 0 nitrogen and oxygen atoms in total. The summed E-state index contributed by atoms with van der Waals surface area (Å²) in [6, 6.07) is 0. The normalized spacial score (nSPS) is 33.7. The number of halogens is 1. The van der Waals surface area contributed by atoms with Gasteiger partial charge in [-0.1, -0.05) is 34.8 Å². The van der Waals surface area contributed by atoms with Crippen molar-refractivity contribution in [1.82, 2.24) is 0 Å². The van der Waals surface area contributed by atoms with E-state index in [1.165, 1.54) is 25.7 Å². The van der Waals surface area contributed by atoms with Gasteiger partial charge in [-0.15, -0.1) is 6.58 Å². The van der Waals surface area contributed by atoms with E-state index in [4.69, 9.17) is 0 Å². The third-order valence-electron chi connectivity index (χ3n) is 2.47. The van der Waals surface area contributed by atoms with Crippen molar-refractivity contribution >= 4 is 15.9 Å². The molecule has 0 aromatic rings. The molecule has 1 aliphatic carbocycles. The second kappa shape index (κ2) is 4.17. The van der Waals surface area contributed by atoms with Crippen molar-refractivity contribution in [1.29, 1.82) is 0 Å². The monoisotopic (exact) mass is 202 g/mol. The molecule has 0 amide bonds. The Hall–Kier alpha value is 0.220. The average molecular weight is 203 g/mol. The lowest BCUT2D eigenvalue weighted by Gasteiger charge is -2.27. The number of allylic oxidation sites excluding steroid dienone is 1. The van der Waals surface area contributed by atoms with E-state index in [-0.39, 0.29) is 0 Å². The van der Waals surface area contributed by atoms with Crippen LogP contribution in [0.2, 0.25) is 0 Å². The first kappa shape index (κ1) is 8.32. The highest BCUT2D eigenvalue weighted by atomic mass is 79.9. The van der Waals surface area contributed by atoms with E-state index in [2.05, 4.69) is 28.6 Å². The lowest BCUT2D eigenvalue weighted by atomic mass is 9.81. The predicted octanol–water partition coefficient (Wildman–Crippen LogP) is 3.37. The van der Waals surface area contributed by atoms with Gasteiger partial charge in [0.2, 0.25) is 0 Å². The molecule has 1 saturated carbocycles. The second-order valence-corrected chi connectivity index (χ2v) is 3.75. The Bertz CT molecular complexity index is 109. The minimum absolute atomic E-state index is 0.785. The Morgan fingerprint density at radius 3 is 2.60 bits per heavy atom. The number of hydrogen-bond donors (Lipinski definition) is 0. The zero-order chi connectivity index (χ0) is 7.40. The zero-order valence-electron chi connectivity index (χ0n) is 6.35. The van der Waals surface area contributed by atoms with Crippen molar-refractivity contribution < 1.29 is 0 Å². The minimum atomic E-state index is 0.785. The van der Waals surface area contributed by atoms with Gasteiger partial charge in [-0.05, 0) is 24.7 Å². The second-order valence-electron chi connectivity index (χ2n) is 3.10. The molecule has 1 rings (SSSR count). The van der Waals surface area contributed by atoms with E-state index in [0.717, 1.165) is 17.2 Å². The number of rotatable bonds is 2. The van der Waals surface area contributed by atoms with Crippen LogP contribution < -0.4 is 0 Å². The maximum absolute atomic E-state index is 3.86. The molecule has 1 heteroatoms. The first-order chi connectivity index (χ1) is 4.88. The third-order valence-corrected chi connectivity index (χ3v) is 3.30. The summed E-state index contributed by atoms with van der Waals surface area (Å²) in [4.78, 5) is 0.